The third-order valence-electron chi connectivity index (χ3n) is 2.63. The lowest BCUT2D eigenvalue weighted by atomic mass is 10.1. The summed E-state index contributed by atoms with van der Waals surface area (Å²) < 4.78 is 13.0. The number of hydrogen-bond acceptors (Lipinski definition) is 3. The van der Waals surface area contributed by atoms with Gasteiger partial charge in [-0.2, -0.15) is 0 Å². The first kappa shape index (κ1) is 15.5. The van der Waals surface area contributed by atoms with Gasteiger partial charge in [0.2, 0.25) is 0 Å². The number of aliphatic carboxylic acids is 1. The monoisotopic (exact) mass is 335 g/mol. The molecule has 0 saturated heterocycles. The van der Waals surface area contributed by atoms with Gasteiger partial charge in [0.15, 0.2) is 0 Å². The second-order valence-electron chi connectivity index (χ2n) is 4.44. The normalized spacial score (nSPS) is 13.4. The van der Waals surface area contributed by atoms with E-state index in [9.17, 15) is 9.18 Å². The summed E-state index contributed by atoms with van der Waals surface area (Å²) in [6, 6.07) is 3.50. The van der Waals surface area contributed by atoms with E-state index in [0.717, 1.165) is 5.56 Å². The molecule has 0 aliphatic rings. The summed E-state index contributed by atoms with van der Waals surface area (Å²) in [5.74, 6) is -0.766. The predicted octanol–water partition coefficient (Wildman–Crippen LogP) is 3.01. The lowest BCUT2D eigenvalue weighted by Gasteiger charge is -2.28. The van der Waals surface area contributed by atoms with Gasteiger partial charge in [-0.25, -0.2) is 4.39 Å². The smallest absolute Gasteiger partial charge is 0.321 e. The Balaban J connectivity index is 2.72. The maximum atomic E-state index is 12.9. The maximum Gasteiger partial charge on any atom is 0.321 e. The van der Waals surface area contributed by atoms with Crippen LogP contribution in [0.3, 0.4) is 0 Å². The van der Waals surface area contributed by atoms with Crippen molar-refractivity contribution in [2.45, 2.75) is 30.4 Å². The van der Waals surface area contributed by atoms with Crippen LogP contribution in [0.1, 0.15) is 19.4 Å². The minimum atomic E-state index is -1.02. The van der Waals surface area contributed by atoms with Gasteiger partial charge < -0.3 is 10.8 Å². The molecule has 0 bridgehead atoms. The number of carbonyl (C=O) groups is 1. The van der Waals surface area contributed by atoms with Crippen LogP contribution in [0, 0.1) is 5.82 Å². The zero-order chi connectivity index (χ0) is 13.9. The minimum Gasteiger partial charge on any atom is -0.480 e. The van der Waals surface area contributed by atoms with Crippen molar-refractivity contribution < 1.29 is 14.3 Å². The Morgan fingerprint density at radius 2 is 2.22 bits per heavy atom. The Bertz CT molecular complexity index is 454. The van der Waals surface area contributed by atoms with E-state index in [1.807, 2.05) is 0 Å². The van der Waals surface area contributed by atoms with E-state index in [0.29, 0.717) is 10.2 Å². The summed E-state index contributed by atoms with van der Waals surface area (Å²) in [4.78, 5) is 10.9. The molecule has 0 aromatic heterocycles. The van der Waals surface area contributed by atoms with Gasteiger partial charge in [0.25, 0.3) is 0 Å². The molecule has 0 heterocycles. The van der Waals surface area contributed by atoms with Crippen LogP contribution in [0.4, 0.5) is 4.39 Å². The van der Waals surface area contributed by atoms with E-state index in [2.05, 4.69) is 15.9 Å². The summed E-state index contributed by atoms with van der Waals surface area (Å²) in [5, 5.41) is 8.91. The summed E-state index contributed by atoms with van der Waals surface area (Å²) in [7, 11) is 0. The van der Waals surface area contributed by atoms with Gasteiger partial charge in [0, 0.05) is 15.0 Å². The summed E-state index contributed by atoms with van der Waals surface area (Å²) in [6.45, 7) is 3.57. The number of halogens is 2. The minimum absolute atomic E-state index is 0.308. The van der Waals surface area contributed by atoms with Crippen LogP contribution in [-0.2, 0) is 10.5 Å². The number of rotatable bonds is 5. The number of nitrogens with two attached hydrogens (primary N) is 1. The highest BCUT2D eigenvalue weighted by Crippen LogP contribution is 2.32. The van der Waals surface area contributed by atoms with Crippen molar-refractivity contribution in [1.82, 2.24) is 0 Å². The average Bonchev–Trinajstić information content (AvgIpc) is 2.26. The highest BCUT2D eigenvalue weighted by Gasteiger charge is 2.32. The molecule has 0 radical (unpaired) electrons. The van der Waals surface area contributed by atoms with Crippen molar-refractivity contribution in [2.24, 2.45) is 5.73 Å². The quantitative estimate of drug-likeness (QED) is 0.868. The standard InChI is InChI=1S/C12H15BrFNO2S/c1-12(2,10(15)11(16)17)18-6-7-3-4-8(14)5-9(7)13/h3-5,10H,6,15H2,1-2H3,(H,16,17)/t10-/m1/s1. The van der Waals surface area contributed by atoms with Crippen LogP contribution in [0.15, 0.2) is 22.7 Å². The Morgan fingerprint density at radius 3 is 2.72 bits per heavy atom. The topological polar surface area (TPSA) is 63.3 Å². The molecular weight excluding hydrogens is 321 g/mol. The van der Waals surface area contributed by atoms with Gasteiger partial charge in [-0.3, -0.25) is 4.79 Å². The molecule has 1 aromatic carbocycles. The van der Waals surface area contributed by atoms with Gasteiger partial charge >= 0.3 is 5.97 Å². The van der Waals surface area contributed by atoms with Crippen molar-refractivity contribution in [3.63, 3.8) is 0 Å². The number of thioether (sulfide) groups is 1. The molecule has 100 valence electrons. The lowest BCUT2D eigenvalue weighted by Crippen LogP contribution is -2.46. The molecule has 1 atom stereocenters. The summed E-state index contributed by atoms with van der Waals surface area (Å²) in [5.41, 5.74) is 6.54. The maximum absolute atomic E-state index is 12.9. The lowest BCUT2D eigenvalue weighted by molar-refractivity contribution is -0.139. The van der Waals surface area contributed by atoms with E-state index in [1.165, 1.54) is 23.9 Å². The first-order valence-corrected chi connectivity index (χ1v) is 7.08. The molecule has 18 heavy (non-hydrogen) atoms. The van der Waals surface area contributed by atoms with E-state index < -0.39 is 16.8 Å². The SMILES string of the molecule is CC(C)(SCc1ccc(F)cc1Br)[C@H](N)C(=O)O. The van der Waals surface area contributed by atoms with E-state index in [4.69, 9.17) is 10.8 Å². The van der Waals surface area contributed by atoms with Crippen LogP contribution in [0.2, 0.25) is 0 Å². The van der Waals surface area contributed by atoms with Gasteiger partial charge in [-0.1, -0.05) is 22.0 Å². The number of benzene rings is 1. The first-order valence-electron chi connectivity index (χ1n) is 5.30. The Morgan fingerprint density at radius 1 is 1.61 bits per heavy atom. The van der Waals surface area contributed by atoms with Gasteiger partial charge in [0.05, 0.1) is 0 Å². The molecule has 0 amide bonds. The Labute approximate surface area is 118 Å². The van der Waals surface area contributed by atoms with Gasteiger partial charge in [0.1, 0.15) is 11.9 Å². The molecule has 6 heteroatoms. The highest BCUT2D eigenvalue weighted by molar-refractivity contribution is 9.10. The van der Waals surface area contributed by atoms with Crippen LogP contribution in [0.25, 0.3) is 0 Å². The van der Waals surface area contributed by atoms with Crippen molar-refractivity contribution in [3.05, 3.63) is 34.1 Å². The number of carboxylic acid groups (broad SMARTS) is 1. The zero-order valence-electron chi connectivity index (χ0n) is 10.1. The molecule has 1 aromatic rings. The van der Waals surface area contributed by atoms with Crippen LogP contribution >= 0.6 is 27.7 Å². The molecule has 0 aliphatic heterocycles. The molecule has 1 rings (SSSR count). The molecule has 3 N–H and O–H groups in total. The fourth-order valence-electron chi connectivity index (χ4n) is 1.29. The molecule has 0 aliphatic carbocycles. The molecule has 0 unspecified atom stereocenters. The predicted molar refractivity (Wildman–Crippen MR) is 75.1 cm³/mol. The van der Waals surface area contributed by atoms with E-state index in [-0.39, 0.29) is 5.82 Å². The highest BCUT2D eigenvalue weighted by atomic mass is 79.9. The number of hydrogen-bond donors (Lipinski definition) is 2. The van der Waals surface area contributed by atoms with Crippen molar-refractivity contribution in [3.8, 4) is 0 Å². The third kappa shape index (κ3) is 3.96. The second-order valence-corrected chi connectivity index (χ2v) is 6.93. The van der Waals surface area contributed by atoms with Crippen LogP contribution in [0.5, 0.6) is 0 Å². The number of carboxylic acids is 1. The Hall–Kier alpha value is -0.590. The fourth-order valence-corrected chi connectivity index (χ4v) is 3.03. The van der Waals surface area contributed by atoms with Gasteiger partial charge in [-0.15, -0.1) is 11.8 Å². The van der Waals surface area contributed by atoms with E-state index >= 15 is 0 Å². The first-order chi connectivity index (χ1) is 8.24. The molecular formula is C12H15BrFNO2S. The largest absolute Gasteiger partial charge is 0.480 e. The molecule has 0 fully saturated rings. The van der Waals surface area contributed by atoms with Gasteiger partial charge in [-0.05, 0) is 31.5 Å². The zero-order valence-corrected chi connectivity index (χ0v) is 12.5. The third-order valence-corrected chi connectivity index (χ3v) is 4.82. The van der Waals surface area contributed by atoms with Crippen molar-refractivity contribution in [1.29, 1.82) is 0 Å². The van der Waals surface area contributed by atoms with Crippen LogP contribution < -0.4 is 5.73 Å². The second kappa shape index (κ2) is 6.04. The molecule has 0 saturated carbocycles. The van der Waals surface area contributed by atoms with Crippen molar-refractivity contribution >= 4 is 33.7 Å². The fraction of sp³-hybridized carbons (Fsp3) is 0.417. The molecule has 3 nitrogen and oxygen atoms in total. The van der Waals surface area contributed by atoms with E-state index in [1.54, 1.807) is 19.9 Å². The molecule has 0 spiro atoms. The van der Waals surface area contributed by atoms with Crippen molar-refractivity contribution in [2.75, 3.05) is 0 Å². The average molecular weight is 336 g/mol. The van der Waals surface area contributed by atoms with Crippen LogP contribution in [-0.4, -0.2) is 21.9 Å². The summed E-state index contributed by atoms with van der Waals surface area (Å²) >= 11 is 4.71. The Kier molecular flexibility index (Phi) is 5.19. The summed E-state index contributed by atoms with van der Waals surface area (Å²) in [6.07, 6.45) is 0.